The number of anilines is 2. The Kier molecular flexibility index (Phi) is 5.98. The number of carbonyl (C=O) groups excluding carboxylic acids is 3. The van der Waals surface area contributed by atoms with Crippen molar-refractivity contribution < 1.29 is 23.2 Å². The summed E-state index contributed by atoms with van der Waals surface area (Å²) >= 11 is 1.39. The first-order valence-corrected chi connectivity index (χ1v) is 13.6. The summed E-state index contributed by atoms with van der Waals surface area (Å²) in [4.78, 5) is 45.2. The minimum atomic E-state index is -0.780. The number of fused-ring (bicyclic) bond motifs is 3. The standard InChI is InChI=1S/C29H26F2N4O3S/c1-28(2)27(38)35(23(15-39-28)17-8-19(30)11-20(31)9-17)14-24(36)33-21-6-5-16-12-29(13-18(16)10-21)22-4-3-7-32-25(22)34-26(29)37/h3-11,23H,12-15H2,1-2H3,(H,33,36)(H,32,34,37). The Morgan fingerprint density at radius 2 is 1.85 bits per heavy atom. The molecule has 39 heavy (non-hydrogen) atoms. The molecule has 1 aromatic heterocycles. The predicted molar refractivity (Wildman–Crippen MR) is 144 cm³/mol. The lowest BCUT2D eigenvalue weighted by molar-refractivity contribution is -0.139. The molecule has 1 saturated heterocycles. The first-order valence-electron chi connectivity index (χ1n) is 12.7. The maximum absolute atomic E-state index is 14.0. The van der Waals surface area contributed by atoms with E-state index in [9.17, 15) is 23.2 Å². The van der Waals surface area contributed by atoms with Gasteiger partial charge in [0.15, 0.2) is 0 Å². The van der Waals surface area contributed by atoms with Crippen LogP contribution in [-0.4, -0.2) is 44.7 Å². The molecule has 2 atom stereocenters. The molecule has 1 aliphatic carbocycles. The van der Waals surface area contributed by atoms with Crippen molar-refractivity contribution in [3.8, 4) is 0 Å². The molecule has 1 spiro atoms. The molecule has 7 nitrogen and oxygen atoms in total. The van der Waals surface area contributed by atoms with Gasteiger partial charge in [0.25, 0.3) is 0 Å². The molecule has 2 aromatic carbocycles. The molecule has 2 aliphatic heterocycles. The number of aromatic nitrogens is 1. The highest BCUT2D eigenvalue weighted by Crippen LogP contribution is 2.47. The Morgan fingerprint density at radius 3 is 2.62 bits per heavy atom. The van der Waals surface area contributed by atoms with Crippen molar-refractivity contribution in [2.24, 2.45) is 0 Å². The van der Waals surface area contributed by atoms with E-state index in [1.165, 1.54) is 28.8 Å². The quantitative estimate of drug-likeness (QED) is 0.505. The van der Waals surface area contributed by atoms with Gasteiger partial charge < -0.3 is 15.5 Å². The van der Waals surface area contributed by atoms with Gasteiger partial charge in [-0.05, 0) is 73.7 Å². The number of pyridine rings is 1. The topological polar surface area (TPSA) is 91.4 Å². The average Bonchev–Trinajstić information content (AvgIpc) is 3.38. The van der Waals surface area contributed by atoms with Gasteiger partial charge in [-0.1, -0.05) is 12.1 Å². The van der Waals surface area contributed by atoms with Crippen LogP contribution < -0.4 is 10.6 Å². The van der Waals surface area contributed by atoms with Crippen molar-refractivity contribution in [2.45, 2.75) is 42.9 Å². The highest BCUT2D eigenvalue weighted by atomic mass is 32.2. The van der Waals surface area contributed by atoms with E-state index in [0.717, 1.165) is 22.8 Å². The molecule has 0 radical (unpaired) electrons. The second-order valence-corrected chi connectivity index (χ2v) is 12.4. The average molecular weight is 549 g/mol. The lowest BCUT2D eigenvalue weighted by Crippen LogP contribution is -2.52. The smallest absolute Gasteiger partial charge is 0.244 e. The zero-order valence-corrected chi connectivity index (χ0v) is 22.2. The maximum Gasteiger partial charge on any atom is 0.244 e. The molecule has 6 rings (SSSR count). The molecule has 0 bridgehead atoms. The first kappa shape index (κ1) is 25.5. The van der Waals surface area contributed by atoms with Gasteiger partial charge in [0.05, 0.1) is 16.2 Å². The first-order chi connectivity index (χ1) is 18.6. The largest absolute Gasteiger partial charge is 0.325 e. The fraction of sp³-hybridized carbons (Fsp3) is 0.310. The monoisotopic (exact) mass is 548 g/mol. The number of amides is 3. The second-order valence-electron chi connectivity index (χ2n) is 10.8. The van der Waals surface area contributed by atoms with Crippen molar-refractivity contribution in [3.05, 3.63) is 88.6 Å². The highest BCUT2D eigenvalue weighted by Gasteiger charge is 2.51. The molecule has 10 heteroatoms. The fourth-order valence-corrected chi connectivity index (χ4v) is 7.04. The Labute approximate surface area is 228 Å². The lowest BCUT2D eigenvalue weighted by atomic mass is 9.79. The zero-order chi connectivity index (χ0) is 27.5. The van der Waals surface area contributed by atoms with Gasteiger partial charge in [-0.15, -0.1) is 11.8 Å². The van der Waals surface area contributed by atoms with Gasteiger partial charge in [-0.3, -0.25) is 14.4 Å². The van der Waals surface area contributed by atoms with Crippen LogP contribution in [0, 0.1) is 11.6 Å². The summed E-state index contributed by atoms with van der Waals surface area (Å²) in [7, 11) is 0. The Bertz CT molecular complexity index is 1520. The van der Waals surface area contributed by atoms with Crippen LogP contribution in [0.2, 0.25) is 0 Å². The number of rotatable bonds is 4. The summed E-state index contributed by atoms with van der Waals surface area (Å²) in [6.07, 6.45) is 2.68. The molecule has 2 unspecified atom stereocenters. The summed E-state index contributed by atoms with van der Waals surface area (Å²) < 4.78 is 27.2. The minimum Gasteiger partial charge on any atom is -0.325 e. The van der Waals surface area contributed by atoms with Crippen LogP contribution >= 0.6 is 11.8 Å². The molecule has 3 aromatic rings. The molecule has 3 aliphatic rings. The second kappa shape index (κ2) is 9.15. The van der Waals surface area contributed by atoms with E-state index in [0.29, 0.717) is 35.7 Å². The van der Waals surface area contributed by atoms with E-state index in [2.05, 4.69) is 15.6 Å². The third-order valence-corrected chi connectivity index (χ3v) is 9.18. The van der Waals surface area contributed by atoms with Crippen LogP contribution in [0.15, 0.2) is 54.7 Å². The molecule has 200 valence electrons. The van der Waals surface area contributed by atoms with Crippen LogP contribution in [0.4, 0.5) is 20.3 Å². The molecular formula is C29H26F2N4O3S. The third-order valence-electron chi connectivity index (χ3n) is 7.80. The number of hydrogen-bond acceptors (Lipinski definition) is 5. The fourth-order valence-electron chi connectivity index (χ4n) is 5.85. The Balaban J connectivity index is 1.22. The summed E-state index contributed by atoms with van der Waals surface area (Å²) in [6.45, 7) is 3.28. The number of nitrogens with zero attached hydrogens (tertiary/aromatic N) is 2. The van der Waals surface area contributed by atoms with Crippen molar-refractivity contribution in [3.63, 3.8) is 0 Å². The SMILES string of the molecule is CC1(C)SCC(c2cc(F)cc(F)c2)N(CC(=O)Nc2ccc3c(c2)CC2(C3)C(=O)Nc3ncccc32)C1=O. The molecule has 2 N–H and O–H groups in total. The van der Waals surface area contributed by atoms with Crippen molar-refractivity contribution in [2.75, 3.05) is 22.9 Å². The summed E-state index contributed by atoms with van der Waals surface area (Å²) in [5, 5.41) is 5.76. The van der Waals surface area contributed by atoms with Crippen LogP contribution in [0.3, 0.4) is 0 Å². The Hall–Kier alpha value is -3.79. The maximum atomic E-state index is 14.0. The number of benzene rings is 2. The van der Waals surface area contributed by atoms with Gasteiger partial charge in [0.2, 0.25) is 17.7 Å². The van der Waals surface area contributed by atoms with Gasteiger partial charge in [-0.2, -0.15) is 0 Å². The van der Waals surface area contributed by atoms with Gasteiger partial charge in [-0.25, -0.2) is 13.8 Å². The van der Waals surface area contributed by atoms with Crippen molar-refractivity contribution in [1.82, 2.24) is 9.88 Å². The van der Waals surface area contributed by atoms with Crippen molar-refractivity contribution in [1.29, 1.82) is 0 Å². The van der Waals surface area contributed by atoms with Crippen molar-refractivity contribution >= 4 is 41.0 Å². The third kappa shape index (κ3) is 4.36. The van der Waals surface area contributed by atoms with E-state index in [-0.39, 0.29) is 18.4 Å². The summed E-state index contributed by atoms with van der Waals surface area (Å²) in [5.41, 5.74) is 3.00. The predicted octanol–water partition coefficient (Wildman–Crippen LogP) is 4.38. The Morgan fingerprint density at radius 1 is 1.10 bits per heavy atom. The molecule has 1 fully saturated rings. The van der Waals surface area contributed by atoms with E-state index >= 15 is 0 Å². The highest BCUT2D eigenvalue weighted by molar-refractivity contribution is 8.01. The van der Waals surface area contributed by atoms with Crippen LogP contribution in [0.5, 0.6) is 0 Å². The van der Waals surface area contributed by atoms with Crippen LogP contribution in [0.25, 0.3) is 0 Å². The van der Waals surface area contributed by atoms with E-state index < -0.39 is 33.7 Å². The molecule has 3 heterocycles. The van der Waals surface area contributed by atoms with Gasteiger partial charge in [0.1, 0.15) is 24.0 Å². The summed E-state index contributed by atoms with van der Waals surface area (Å²) in [6, 6.07) is 11.8. The number of nitrogens with one attached hydrogen (secondary N) is 2. The van der Waals surface area contributed by atoms with Crippen LogP contribution in [0.1, 0.15) is 42.1 Å². The van der Waals surface area contributed by atoms with E-state index in [1.807, 2.05) is 24.3 Å². The molecule has 0 saturated carbocycles. The number of halogens is 2. The number of carbonyl (C=O) groups is 3. The van der Waals surface area contributed by atoms with Gasteiger partial charge >= 0.3 is 0 Å². The van der Waals surface area contributed by atoms with Crippen LogP contribution in [-0.2, 0) is 32.6 Å². The zero-order valence-electron chi connectivity index (χ0n) is 21.4. The van der Waals surface area contributed by atoms with E-state index in [1.54, 1.807) is 26.1 Å². The molecule has 3 amide bonds. The minimum absolute atomic E-state index is 0.0816. The normalized spacial score (nSPS) is 23.0. The summed E-state index contributed by atoms with van der Waals surface area (Å²) in [5.74, 6) is -1.27. The number of thioether (sulfide) groups is 1. The van der Waals surface area contributed by atoms with E-state index in [4.69, 9.17) is 0 Å². The number of hydrogen-bond donors (Lipinski definition) is 2. The lowest BCUT2D eigenvalue weighted by Gasteiger charge is -2.42. The van der Waals surface area contributed by atoms with Gasteiger partial charge in [0, 0.05) is 29.3 Å². The molecular weight excluding hydrogens is 522 g/mol.